The summed E-state index contributed by atoms with van der Waals surface area (Å²) >= 11 is 0. The Balaban J connectivity index is 1.45. The second kappa shape index (κ2) is 17.2. The van der Waals surface area contributed by atoms with Crippen LogP contribution in [0.5, 0.6) is 0 Å². The number of hydrogen-bond acceptors (Lipinski definition) is 9. The molecule has 0 aliphatic carbocycles. The second-order valence-corrected chi connectivity index (χ2v) is 11.1. The number of ether oxygens (including phenoxy) is 4. The first kappa shape index (κ1) is 34.3. The third-order valence-corrected chi connectivity index (χ3v) is 6.56. The first-order valence-corrected chi connectivity index (χ1v) is 14.6. The first-order chi connectivity index (χ1) is 21.1. The molecule has 1 aromatic rings. The van der Waals surface area contributed by atoms with E-state index in [0.717, 1.165) is 11.1 Å². The van der Waals surface area contributed by atoms with Crippen LogP contribution in [-0.4, -0.2) is 105 Å². The monoisotopic (exact) mass is 612 g/mol. The number of carbonyl (C=O) groups is 4. The van der Waals surface area contributed by atoms with Crippen molar-refractivity contribution in [1.82, 2.24) is 15.1 Å². The number of nitrogens with zero attached hydrogens (tertiary/aromatic N) is 5. The Morgan fingerprint density at radius 2 is 1.80 bits per heavy atom. The van der Waals surface area contributed by atoms with Gasteiger partial charge in [0.15, 0.2) is 0 Å². The summed E-state index contributed by atoms with van der Waals surface area (Å²) in [4.78, 5) is 55.1. The van der Waals surface area contributed by atoms with Gasteiger partial charge in [0, 0.05) is 55.1 Å². The quantitative estimate of drug-likeness (QED) is 0.0786. The van der Waals surface area contributed by atoms with E-state index in [0.29, 0.717) is 71.1 Å². The lowest BCUT2D eigenvalue weighted by molar-refractivity contribution is -0.136. The van der Waals surface area contributed by atoms with Gasteiger partial charge in [-0.3, -0.25) is 19.7 Å². The maximum absolute atomic E-state index is 12.9. The number of benzene rings is 1. The minimum atomic E-state index is -0.667. The molecule has 238 valence electrons. The summed E-state index contributed by atoms with van der Waals surface area (Å²) in [6.07, 6.45) is 0.441. The molecular weight excluding hydrogens is 572 g/mol. The number of piperidine rings is 1. The molecule has 14 nitrogen and oxygen atoms in total. The van der Waals surface area contributed by atoms with Gasteiger partial charge >= 0.3 is 6.09 Å². The van der Waals surface area contributed by atoms with E-state index >= 15 is 0 Å². The minimum absolute atomic E-state index is 0.201. The Labute approximate surface area is 256 Å². The predicted octanol–water partition coefficient (Wildman–Crippen LogP) is 2.79. The summed E-state index contributed by atoms with van der Waals surface area (Å²) < 4.78 is 21.8. The van der Waals surface area contributed by atoms with Gasteiger partial charge in [0.1, 0.15) is 11.6 Å². The Kier molecular flexibility index (Phi) is 13.4. The molecule has 3 rings (SSSR count). The lowest BCUT2D eigenvalue weighted by Gasteiger charge is -2.29. The highest BCUT2D eigenvalue weighted by Crippen LogP contribution is 2.28. The molecular formula is C30H40N6O8. The van der Waals surface area contributed by atoms with E-state index in [1.807, 2.05) is 6.07 Å². The van der Waals surface area contributed by atoms with Crippen molar-refractivity contribution in [3.8, 4) is 11.8 Å². The summed E-state index contributed by atoms with van der Waals surface area (Å²) in [6.45, 7) is 8.75. The molecule has 1 N–H and O–H groups in total. The van der Waals surface area contributed by atoms with Crippen molar-refractivity contribution < 1.29 is 38.1 Å². The topological polar surface area (TPSA) is 172 Å². The van der Waals surface area contributed by atoms with Gasteiger partial charge in [0.25, 0.3) is 5.91 Å². The molecule has 0 saturated carbocycles. The Morgan fingerprint density at radius 1 is 1.09 bits per heavy atom. The van der Waals surface area contributed by atoms with Gasteiger partial charge in [-0.1, -0.05) is 17.0 Å². The van der Waals surface area contributed by atoms with Crippen molar-refractivity contribution >= 4 is 23.8 Å². The number of nitrogens with one attached hydrogen (secondary N) is 1. The largest absolute Gasteiger partial charge is 0.444 e. The van der Waals surface area contributed by atoms with Gasteiger partial charge in [0.05, 0.1) is 39.6 Å². The van der Waals surface area contributed by atoms with E-state index in [4.69, 9.17) is 24.5 Å². The highest BCUT2D eigenvalue weighted by Gasteiger charge is 2.39. The van der Waals surface area contributed by atoms with Crippen LogP contribution in [0, 0.1) is 11.8 Å². The molecule has 0 bridgehead atoms. The van der Waals surface area contributed by atoms with E-state index < -0.39 is 23.6 Å². The second-order valence-electron chi connectivity index (χ2n) is 11.1. The number of amides is 4. The van der Waals surface area contributed by atoms with Crippen LogP contribution in [0.4, 0.5) is 4.79 Å². The van der Waals surface area contributed by atoms with Gasteiger partial charge in [-0.05, 0) is 56.5 Å². The zero-order valence-corrected chi connectivity index (χ0v) is 25.5. The molecule has 1 atom stereocenters. The molecule has 1 aromatic carbocycles. The molecule has 0 aromatic heterocycles. The number of fused-ring (bicyclic) bond motifs is 1. The molecule has 2 heterocycles. The van der Waals surface area contributed by atoms with Crippen LogP contribution in [0.3, 0.4) is 0 Å². The SMILES string of the molecule is CC(C)(C)OC(=O)N(CCC#Cc1ccc2c(c1)CN(C1CCC(=O)NC1=O)C2=O)CCOCCOCCOCCN=[N+]=[N-]. The van der Waals surface area contributed by atoms with Crippen LogP contribution in [0.2, 0.25) is 0 Å². The smallest absolute Gasteiger partial charge is 0.410 e. The van der Waals surface area contributed by atoms with Crippen molar-refractivity contribution in [2.75, 3.05) is 59.3 Å². The molecule has 1 saturated heterocycles. The summed E-state index contributed by atoms with van der Waals surface area (Å²) in [5.41, 5.74) is 9.58. The van der Waals surface area contributed by atoms with Crippen molar-refractivity contribution in [3.63, 3.8) is 0 Å². The predicted molar refractivity (Wildman–Crippen MR) is 158 cm³/mol. The van der Waals surface area contributed by atoms with Crippen LogP contribution < -0.4 is 5.32 Å². The lowest BCUT2D eigenvalue weighted by atomic mass is 10.0. The molecule has 0 radical (unpaired) electrons. The number of imide groups is 1. The van der Waals surface area contributed by atoms with Crippen LogP contribution >= 0.6 is 0 Å². The maximum atomic E-state index is 12.9. The average Bonchev–Trinajstić information content (AvgIpc) is 3.28. The molecule has 0 spiro atoms. The third-order valence-electron chi connectivity index (χ3n) is 6.56. The molecule has 4 amide bonds. The third kappa shape index (κ3) is 11.2. The number of hydrogen-bond donors (Lipinski definition) is 1. The molecule has 44 heavy (non-hydrogen) atoms. The zero-order valence-electron chi connectivity index (χ0n) is 25.5. The highest BCUT2D eigenvalue weighted by molar-refractivity contribution is 6.05. The van der Waals surface area contributed by atoms with Crippen LogP contribution in [0.15, 0.2) is 23.3 Å². The number of rotatable bonds is 15. The van der Waals surface area contributed by atoms with Crippen molar-refractivity contribution in [3.05, 3.63) is 45.3 Å². The Bertz CT molecular complexity index is 1290. The van der Waals surface area contributed by atoms with E-state index in [9.17, 15) is 19.2 Å². The Morgan fingerprint density at radius 3 is 2.48 bits per heavy atom. The normalized spacial score (nSPS) is 16.0. The average molecular weight is 613 g/mol. The fraction of sp³-hybridized carbons (Fsp3) is 0.600. The van der Waals surface area contributed by atoms with E-state index in [1.54, 1.807) is 37.8 Å². The van der Waals surface area contributed by atoms with Gasteiger partial charge in [0.2, 0.25) is 11.8 Å². The van der Waals surface area contributed by atoms with Crippen molar-refractivity contribution in [2.45, 2.75) is 58.2 Å². The van der Waals surface area contributed by atoms with Gasteiger partial charge in [-0.25, -0.2) is 4.79 Å². The van der Waals surface area contributed by atoms with Crippen LogP contribution in [-0.2, 0) is 35.1 Å². The zero-order chi connectivity index (χ0) is 32.0. The van der Waals surface area contributed by atoms with E-state index in [1.165, 1.54) is 4.90 Å². The number of azide groups is 1. The number of carbonyl (C=O) groups excluding carboxylic acids is 4. The molecule has 2 aliphatic heterocycles. The summed E-state index contributed by atoms with van der Waals surface area (Å²) in [5.74, 6) is 5.18. The summed E-state index contributed by atoms with van der Waals surface area (Å²) in [7, 11) is 0. The van der Waals surface area contributed by atoms with Crippen molar-refractivity contribution in [2.24, 2.45) is 5.11 Å². The lowest BCUT2D eigenvalue weighted by Crippen LogP contribution is -2.52. The summed E-state index contributed by atoms with van der Waals surface area (Å²) in [5, 5.41) is 5.68. The van der Waals surface area contributed by atoms with E-state index in [2.05, 4.69) is 27.2 Å². The molecule has 14 heteroatoms. The maximum Gasteiger partial charge on any atom is 0.410 e. The van der Waals surface area contributed by atoms with Crippen LogP contribution in [0.25, 0.3) is 10.4 Å². The highest BCUT2D eigenvalue weighted by atomic mass is 16.6. The minimum Gasteiger partial charge on any atom is -0.444 e. The molecule has 1 unspecified atom stereocenters. The van der Waals surface area contributed by atoms with Crippen LogP contribution in [0.1, 0.15) is 61.5 Å². The fourth-order valence-corrected chi connectivity index (χ4v) is 4.50. The van der Waals surface area contributed by atoms with Gasteiger partial charge < -0.3 is 28.7 Å². The summed E-state index contributed by atoms with van der Waals surface area (Å²) in [6, 6.07) is 4.64. The van der Waals surface area contributed by atoms with Gasteiger partial charge in [-0.15, -0.1) is 0 Å². The standard InChI is InChI=1S/C30H40N6O8/c1-30(2,3)44-29(40)35(13-15-42-17-19-43-18-16-41-14-11-32-34-31)12-5-4-6-22-7-8-24-23(20-22)21-36(28(24)39)25-9-10-26(37)33-27(25)38/h7-8,20,25H,5,9-19,21H2,1-3H3,(H,33,37,38). The first-order valence-electron chi connectivity index (χ1n) is 14.6. The fourth-order valence-electron chi connectivity index (χ4n) is 4.50. The molecule has 2 aliphatic rings. The van der Waals surface area contributed by atoms with Crippen molar-refractivity contribution in [1.29, 1.82) is 0 Å². The Hall–Kier alpha value is -4.15. The van der Waals surface area contributed by atoms with E-state index in [-0.39, 0.29) is 31.3 Å². The van der Waals surface area contributed by atoms with Gasteiger partial charge in [-0.2, -0.15) is 0 Å². The molecule has 1 fully saturated rings.